The van der Waals surface area contributed by atoms with Gasteiger partial charge in [0.15, 0.2) is 0 Å². The summed E-state index contributed by atoms with van der Waals surface area (Å²) in [5, 5.41) is 0. The highest BCUT2D eigenvalue weighted by atomic mass is 16.5. The molecule has 5 heteroatoms. The van der Waals surface area contributed by atoms with Crippen LogP contribution in [0, 0.1) is 5.92 Å². The van der Waals surface area contributed by atoms with Crippen LogP contribution in [0.5, 0.6) is 5.88 Å². The number of rotatable bonds is 4. The number of hydrogen-bond acceptors (Lipinski definition) is 5. The van der Waals surface area contributed by atoms with Crippen LogP contribution in [0.1, 0.15) is 20.3 Å². The summed E-state index contributed by atoms with van der Waals surface area (Å²) in [6, 6.07) is 2.27. The number of hydrogen-bond donors (Lipinski definition) is 1. The minimum absolute atomic E-state index is 0.374. The smallest absolute Gasteiger partial charge is 0.218 e. The molecule has 2 rings (SSSR count). The molecule has 0 radical (unpaired) electrons. The van der Waals surface area contributed by atoms with Crippen molar-refractivity contribution in [3.05, 3.63) is 12.4 Å². The van der Waals surface area contributed by atoms with Crippen molar-refractivity contribution >= 4 is 5.82 Å². The molecule has 0 bridgehead atoms. The van der Waals surface area contributed by atoms with Gasteiger partial charge in [-0.2, -0.15) is 0 Å². The minimum atomic E-state index is 0.374. The first kappa shape index (κ1) is 12.1. The van der Waals surface area contributed by atoms with E-state index < -0.39 is 0 Å². The first-order valence-corrected chi connectivity index (χ1v) is 6.17. The third-order valence-corrected chi connectivity index (χ3v) is 3.34. The van der Waals surface area contributed by atoms with Gasteiger partial charge in [0.25, 0.3) is 0 Å². The van der Waals surface area contributed by atoms with Crippen LogP contribution < -0.4 is 15.4 Å². The Hall–Kier alpha value is -1.36. The molecule has 2 N–H and O–H groups in total. The molecule has 0 spiro atoms. The van der Waals surface area contributed by atoms with Gasteiger partial charge in [0, 0.05) is 25.2 Å². The Labute approximate surface area is 102 Å². The molecule has 94 valence electrons. The number of nitrogens with zero attached hydrogens (tertiary/aromatic N) is 3. The van der Waals surface area contributed by atoms with E-state index in [1.165, 1.54) is 0 Å². The van der Waals surface area contributed by atoms with E-state index in [0.29, 0.717) is 31.0 Å². The molecule has 17 heavy (non-hydrogen) atoms. The van der Waals surface area contributed by atoms with Crippen LogP contribution in [-0.2, 0) is 0 Å². The number of ether oxygens (including phenoxy) is 1. The van der Waals surface area contributed by atoms with Crippen molar-refractivity contribution in [2.24, 2.45) is 11.7 Å². The predicted octanol–water partition coefficient (Wildman–Crippen LogP) is 1.05. The van der Waals surface area contributed by atoms with Gasteiger partial charge in [-0.3, -0.25) is 0 Å². The van der Waals surface area contributed by atoms with Crippen molar-refractivity contribution in [2.45, 2.75) is 26.3 Å². The Morgan fingerprint density at radius 1 is 1.53 bits per heavy atom. The Balaban J connectivity index is 2.18. The van der Waals surface area contributed by atoms with E-state index in [0.717, 1.165) is 18.8 Å². The summed E-state index contributed by atoms with van der Waals surface area (Å²) in [6.45, 7) is 6.47. The number of nitrogens with two attached hydrogens (primary N) is 1. The molecule has 1 saturated heterocycles. The van der Waals surface area contributed by atoms with Crippen LogP contribution in [0.4, 0.5) is 5.82 Å². The lowest BCUT2D eigenvalue weighted by molar-refractivity contribution is 0.326. The van der Waals surface area contributed by atoms with Crippen LogP contribution in [0.2, 0.25) is 0 Å². The molecule has 1 aromatic heterocycles. The summed E-state index contributed by atoms with van der Waals surface area (Å²) >= 11 is 0. The van der Waals surface area contributed by atoms with Crippen LogP contribution in [0.3, 0.4) is 0 Å². The molecule has 2 heterocycles. The molecule has 5 nitrogen and oxygen atoms in total. The van der Waals surface area contributed by atoms with Gasteiger partial charge < -0.3 is 15.4 Å². The second-order valence-electron chi connectivity index (χ2n) is 4.41. The molecule has 0 aliphatic carbocycles. The molecule has 1 aromatic rings. The molecule has 1 aliphatic rings. The molecule has 0 amide bonds. The quantitative estimate of drug-likeness (QED) is 0.846. The van der Waals surface area contributed by atoms with Gasteiger partial charge in [0.1, 0.15) is 12.1 Å². The summed E-state index contributed by atoms with van der Waals surface area (Å²) in [4.78, 5) is 10.7. The standard InChI is InChI=1S/C12H20N4O/c1-3-17-12-6-11(14-8-15-12)16-5-4-9(2)10(16)7-13/h6,8-10H,3-5,7,13H2,1-2H3. The molecule has 2 atom stereocenters. The largest absolute Gasteiger partial charge is 0.478 e. The van der Waals surface area contributed by atoms with E-state index in [-0.39, 0.29) is 0 Å². The summed E-state index contributed by atoms with van der Waals surface area (Å²) in [5.74, 6) is 2.17. The van der Waals surface area contributed by atoms with Crippen LogP contribution >= 0.6 is 0 Å². The lowest BCUT2D eigenvalue weighted by Crippen LogP contribution is -2.38. The van der Waals surface area contributed by atoms with Crippen molar-refractivity contribution in [1.29, 1.82) is 0 Å². The zero-order valence-corrected chi connectivity index (χ0v) is 10.5. The average Bonchev–Trinajstić information content (AvgIpc) is 2.71. The zero-order valence-electron chi connectivity index (χ0n) is 10.5. The molecule has 0 aromatic carbocycles. The van der Waals surface area contributed by atoms with Crippen molar-refractivity contribution in [3.63, 3.8) is 0 Å². The highest BCUT2D eigenvalue weighted by Crippen LogP contribution is 2.28. The van der Waals surface area contributed by atoms with E-state index >= 15 is 0 Å². The van der Waals surface area contributed by atoms with E-state index in [2.05, 4.69) is 21.8 Å². The average molecular weight is 236 g/mol. The maximum absolute atomic E-state index is 5.83. The SMILES string of the molecule is CCOc1cc(N2CCC(C)C2CN)ncn1. The molecule has 1 fully saturated rings. The molecular weight excluding hydrogens is 216 g/mol. The van der Waals surface area contributed by atoms with Gasteiger partial charge >= 0.3 is 0 Å². The summed E-state index contributed by atoms with van der Waals surface area (Å²) in [6.07, 6.45) is 2.72. The predicted molar refractivity (Wildman–Crippen MR) is 67.2 cm³/mol. The number of aromatic nitrogens is 2. The zero-order chi connectivity index (χ0) is 12.3. The Morgan fingerprint density at radius 2 is 2.35 bits per heavy atom. The van der Waals surface area contributed by atoms with Crippen LogP contribution in [0.15, 0.2) is 12.4 Å². The highest BCUT2D eigenvalue weighted by molar-refractivity contribution is 5.43. The van der Waals surface area contributed by atoms with Gasteiger partial charge in [0.05, 0.1) is 6.61 Å². The van der Waals surface area contributed by atoms with Gasteiger partial charge in [-0.15, -0.1) is 0 Å². The fourth-order valence-electron chi connectivity index (χ4n) is 2.37. The maximum atomic E-state index is 5.83. The highest BCUT2D eigenvalue weighted by Gasteiger charge is 2.30. The minimum Gasteiger partial charge on any atom is -0.478 e. The normalized spacial score (nSPS) is 24.1. The Morgan fingerprint density at radius 3 is 3.06 bits per heavy atom. The second-order valence-corrected chi connectivity index (χ2v) is 4.41. The first-order chi connectivity index (χ1) is 8.26. The molecule has 0 saturated carbocycles. The second kappa shape index (κ2) is 5.31. The van der Waals surface area contributed by atoms with Gasteiger partial charge in [0.2, 0.25) is 5.88 Å². The van der Waals surface area contributed by atoms with Gasteiger partial charge in [-0.05, 0) is 19.3 Å². The lowest BCUT2D eigenvalue weighted by atomic mass is 10.0. The molecular formula is C12H20N4O. The van der Waals surface area contributed by atoms with Crippen LogP contribution in [0.25, 0.3) is 0 Å². The maximum Gasteiger partial charge on any atom is 0.218 e. The summed E-state index contributed by atoms with van der Waals surface area (Å²) < 4.78 is 5.39. The fraction of sp³-hybridized carbons (Fsp3) is 0.667. The molecule has 2 unspecified atom stereocenters. The number of anilines is 1. The Bertz CT molecular complexity index is 371. The van der Waals surface area contributed by atoms with Crippen LogP contribution in [-0.4, -0.2) is 35.7 Å². The lowest BCUT2D eigenvalue weighted by Gasteiger charge is -2.26. The van der Waals surface area contributed by atoms with Crippen molar-refractivity contribution in [3.8, 4) is 5.88 Å². The topological polar surface area (TPSA) is 64.3 Å². The van der Waals surface area contributed by atoms with Crippen molar-refractivity contribution < 1.29 is 4.74 Å². The van der Waals surface area contributed by atoms with Crippen molar-refractivity contribution in [2.75, 3.05) is 24.6 Å². The van der Waals surface area contributed by atoms with Gasteiger partial charge in [-0.25, -0.2) is 9.97 Å². The molecule has 1 aliphatic heterocycles. The summed E-state index contributed by atoms with van der Waals surface area (Å²) in [5.41, 5.74) is 5.83. The van der Waals surface area contributed by atoms with Gasteiger partial charge in [-0.1, -0.05) is 6.92 Å². The van der Waals surface area contributed by atoms with E-state index in [1.807, 2.05) is 13.0 Å². The first-order valence-electron chi connectivity index (χ1n) is 6.17. The third-order valence-electron chi connectivity index (χ3n) is 3.34. The summed E-state index contributed by atoms with van der Waals surface area (Å²) in [7, 11) is 0. The fourth-order valence-corrected chi connectivity index (χ4v) is 2.37. The van der Waals surface area contributed by atoms with Crippen molar-refractivity contribution in [1.82, 2.24) is 9.97 Å². The van der Waals surface area contributed by atoms with E-state index in [1.54, 1.807) is 6.33 Å². The van der Waals surface area contributed by atoms with E-state index in [9.17, 15) is 0 Å². The third kappa shape index (κ3) is 2.49. The monoisotopic (exact) mass is 236 g/mol. The van der Waals surface area contributed by atoms with E-state index in [4.69, 9.17) is 10.5 Å². The Kier molecular flexibility index (Phi) is 3.78.